The van der Waals surface area contributed by atoms with Crippen LogP contribution < -0.4 is 33.2 Å². The number of nitrogens with two attached hydrogens (primary N) is 3. The molecule has 10 N–H and O–H groups in total. The van der Waals surface area contributed by atoms with Crippen LogP contribution in [-0.2, 0) is 28.8 Å². The lowest BCUT2D eigenvalue weighted by Crippen LogP contribution is -2.57. The van der Waals surface area contributed by atoms with Crippen LogP contribution in [0.15, 0.2) is 0 Å². The van der Waals surface area contributed by atoms with Gasteiger partial charge in [-0.15, -0.1) is 0 Å². The van der Waals surface area contributed by atoms with Crippen LogP contribution in [0.2, 0.25) is 0 Å². The molecule has 5 amide bonds. The second-order valence-electron chi connectivity index (χ2n) is 9.40. The normalized spacial score (nSPS) is 14.5. The van der Waals surface area contributed by atoms with Gasteiger partial charge in [-0.05, 0) is 37.5 Å². The molecule has 4 atom stereocenters. The third-order valence-corrected chi connectivity index (χ3v) is 5.01. The average molecular weight is 501 g/mol. The zero-order chi connectivity index (χ0) is 27.3. The molecule has 0 heterocycles. The van der Waals surface area contributed by atoms with Gasteiger partial charge in [0.1, 0.15) is 18.1 Å². The Morgan fingerprint density at radius 1 is 0.657 bits per heavy atom. The molecule has 35 heavy (non-hydrogen) atoms. The zero-order valence-electron chi connectivity index (χ0n) is 20.8. The van der Waals surface area contributed by atoms with E-state index in [0.717, 1.165) is 0 Å². The Bertz CT molecular complexity index is 771. The largest absolute Gasteiger partial charge is 0.480 e. The molecule has 0 aromatic carbocycles. The van der Waals surface area contributed by atoms with Gasteiger partial charge in [-0.2, -0.15) is 0 Å². The summed E-state index contributed by atoms with van der Waals surface area (Å²) < 4.78 is 0. The maximum Gasteiger partial charge on any atom is 0.326 e. The van der Waals surface area contributed by atoms with E-state index in [1.807, 2.05) is 13.8 Å². The Morgan fingerprint density at radius 3 is 1.49 bits per heavy atom. The number of carboxylic acids is 1. The molecule has 0 spiro atoms. The number of rotatable bonds is 17. The van der Waals surface area contributed by atoms with Crippen LogP contribution in [0, 0.1) is 11.8 Å². The monoisotopic (exact) mass is 500 g/mol. The van der Waals surface area contributed by atoms with Crippen molar-refractivity contribution < 1.29 is 33.9 Å². The Balaban J connectivity index is 5.57. The van der Waals surface area contributed by atoms with Gasteiger partial charge in [-0.3, -0.25) is 24.0 Å². The molecule has 0 bridgehead atoms. The first-order chi connectivity index (χ1) is 16.1. The predicted molar refractivity (Wildman–Crippen MR) is 127 cm³/mol. The van der Waals surface area contributed by atoms with E-state index in [1.54, 1.807) is 13.8 Å². The molecular weight excluding hydrogens is 460 g/mol. The van der Waals surface area contributed by atoms with Crippen LogP contribution in [0.25, 0.3) is 0 Å². The molecule has 0 aliphatic rings. The average Bonchev–Trinajstić information content (AvgIpc) is 2.71. The molecule has 0 saturated heterocycles. The summed E-state index contributed by atoms with van der Waals surface area (Å²) in [5.74, 6) is -4.82. The van der Waals surface area contributed by atoms with Crippen molar-refractivity contribution >= 4 is 35.5 Å². The number of nitrogens with one attached hydrogen (secondary N) is 3. The van der Waals surface area contributed by atoms with Crippen LogP contribution in [-0.4, -0.2) is 64.8 Å². The second-order valence-corrected chi connectivity index (χ2v) is 9.40. The molecule has 0 aromatic rings. The molecule has 0 rings (SSSR count). The Hall–Kier alpha value is -3.22. The molecule has 0 saturated carbocycles. The smallest absolute Gasteiger partial charge is 0.326 e. The lowest BCUT2D eigenvalue weighted by atomic mass is 10.0. The van der Waals surface area contributed by atoms with Crippen molar-refractivity contribution in [1.82, 2.24) is 16.0 Å². The first kappa shape index (κ1) is 31.8. The fourth-order valence-electron chi connectivity index (χ4n) is 3.24. The molecule has 0 aliphatic carbocycles. The van der Waals surface area contributed by atoms with E-state index < -0.39 is 59.7 Å². The third kappa shape index (κ3) is 13.9. The SMILES string of the molecule is CC(C)CC(N)C(=O)NC(CCC(N)=O)C(=O)NC(CC(C)C)C(=O)NC(CCC(N)=O)C(=O)O. The fourth-order valence-corrected chi connectivity index (χ4v) is 3.24. The highest BCUT2D eigenvalue weighted by atomic mass is 16.4. The minimum atomic E-state index is -1.39. The van der Waals surface area contributed by atoms with E-state index in [-0.39, 0.29) is 43.9 Å². The number of amides is 5. The van der Waals surface area contributed by atoms with Crippen LogP contribution in [0.4, 0.5) is 0 Å². The van der Waals surface area contributed by atoms with E-state index in [2.05, 4.69) is 16.0 Å². The second kappa shape index (κ2) is 15.6. The summed E-state index contributed by atoms with van der Waals surface area (Å²) in [6.45, 7) is 7.36. The van der Waals surface area contributed by atoms with Gasteiger partial charge in [0.05, 0.1) is 6.04 Å². The quantitative estimate of drug-likeness (QED) is 0.123. The summed E-state index contributed by atoms with van der Waals surface area (Å²) >= 11 is 0. The van der Waals surface area contributed by atoms with Crippen molar-refractivity contribution in [3.8, 4) is 0 Å². The van der Waals surface area contributed by atoms with Crippen LogP contribution in [0.3, 0.4) is 0 Å². The van der Waals surface area contributed by atoms with Gasteiger partial charge in [-0.1, -0.05) is 27.7 Å². The van der Waals surface area contributed by atoms with Crippen LogP contribution in [0.5, 0.6) is 0 Å². The number of hydrogen-bond acceptors (Lipinski definition) is 7. The molecule has 0 aliphatic heterocycles. The van der Waals surface area contributed by atoms with E-state index in [9.17, 15) is 33.9 Å². The summed E-state index contributed by atoms with van der Waals surface area (Å²) in [5, 5.41) is 16.7. The van der Waals surface area contributed by atoms with Crippen molar-refractivity contribution in [3.05, 3.63) is 0 Å². The van der Waals surface area contributed by atoms with E-state index >= 15 is 0 Å². The van der Waals surface area contributed by atoms with Crippen molar-refractivity contribution in [2.45, 2.75) is 90.4 Å². The maximum absolute atomic E-state index is 13.0. The van der Waals surface area contributed by atoms with Gasteiger partial charge in [0.2, 0.25) is 29.5 Å². The van der Waals surface area contributed by atoms with E-state index in [4.69, 9.17) is 17.2 Å². The number of primary amides is 2. The van der Waals surface area contributed by atoms with Crippen LogP contribution in [0.1, 0.15) is 66.2 Å². The van der Waals surface area contributed by atoms with Crippen molar-refractivity contribution in [2.24, 2.45) is 29.0 Å². The molecular formula is C22H40N6O7. The highest BCUT2D eigenvalue weighted by Crippen LogP contribution is 2.09. The fraction of sp³-hybridized carbons (Fsp3) is 0.727. The highest BCUT2D eigenvalue weighted by molar-refractivity contribution is 5.94. The van der Waals surface area contributed by atoms with E-state index in [0.29, 0.717) is 6.42 Å². The van der Waals surface area contributed by atoms with Crippen molar-refractivity contribution in [1.29, 1.82) is 0 Å². The van der Waals surface area contributed by atoms with Gasteiger partial charge in [0.25, 0.3) is 0 Å². The number of carboxylic acid groups (broad SMARTS) is 1. The number of carbonyl (C=O) groups is 6. The minimum absolute atomic E-state index is 0.0712. The van der Waals surface area contributed by atoms with Gasteiger partial charge in [-0.25, -0.2) is 4.79 Å². The summed E-state index contributed by atoms with van der Waals surface area (Å²) in [6.07, 6.45) is -0.264. The topological polar surface area (TPSA) is 237 Å². The lowest BCUT2D eigenvalue weighted by Gasteiger charge is -2.26. The Labute approximate surface area is 205 Å². The Kier molecular flexibility index (Phi) is 14.2. The van der Waals surface area contributed by atoms with E-state index in [1.165, 1.54) is 0 Å². The summed E-state index contributed by atoms with van der Waals surface area (Å²) in [6, 6.07) is -4.60. The first-order valence-corrected chi connectivity index (χ1v) is 11.6. The maximum atomic E-state index is 13.0. The first-order valence-electron chi connectivity index (χ1n) is 11.6. The van der Waals surface area contributed by atoms with Crippen LogP contribution >= 0.6 is 0 Å². The molecule has 200 valence electrons. The molecule has 13 heteroatoms. The molecule has 0 aromatic heterocycles. The van der Waals surface area contributed by atoms with Gasteiger partial charge in [0, 0.05) is 12.8 Å². The summed E-state index contributed by atoms with van der Waals surface area (Å²) in [7, 11) is 0. The predicted octanol–water partition coefficient (Wildman–Crippen LogP) is -1.52. The highest BCUT2D eigenvalue weighted by Gasteiger charge is 2.31. The molecule has 4 unspecified atom stereocenters. The number of aliphatic carboxylic acids is 1. The number of carbonyl (C=O) groups excluding carboxylic acids is 5. The van der Waals surface area contributed by atoms with Gasteiger partial charge in [0.15, 0.2) is 0 Å². The lowest BCUT2D eigenvalue weighted by molar-refractivity contribution is -0.142. The van der Waals surface area contributed by atoms with Crippen molar-refractivity contribution in [2.75, 3.05) is 0 Å². The number of hydrogen-bond donors (Lipinski definition) is 7. The zero-order valence-corrected chi connectivity index (χ0v) is 20.8. The van der Waals surface area contributed by atoms with Crippen molar-refractivity contribution in [3.63, 3.8) is 0 Å². The minimum Gasteiger partial charge on any atom is -0.480 e. The summed E-state index contributed by atoms with van der Waals surface area (Å²) in [4.78, 5) is 72.0. The molecule has 13 nitrogen and oxygen atoms in total. The van der Waals surface area contributed by atoms with Gasteiger partial charge >= 0.3 is 5.97 Å². The molecule has 0 fully saturated rings. The standard InChI is InChI=1S/C22H40N6O7/c1-11(2)9-13(23)19(31)26-14(5-7-17(24)29)20(32)28-16(10-12(3)4)21(33)27-15(22(34)35)6-8-18(25)30/h11-16H,5-10,23H2,1-4H3,(H2,24,29)(H2,25,30)(H,26,31)(H,27,33)(H,28,32)(H,34,35). The van der Waals surface area contributed by atoms with Gasteiger partial charge < -0.3 is 38.3 Å². The third-order valence-electron chi connectivity index (χ3n) is 5.01. The summed E-state index contributed by atoms with van der Waals surface area (Å²) in [5.41, 5.74) is 16.1. The molecule has 0 radical (unpaired) electrons. The Morgan fingerprint density at radius 2 is 1.06 bits per heavy atom.